The number of halogens is 1. The van der Waals surface area contributed by atoms with Crippen molar-refractivity contribution in [2.45, 2.75) is 19.4 Å². The second kappa shape index (κ2) is 6.56. The average molecular weight is 307 g/mol. The summed E-state index contributed by atoms with van der Waals surface area (Å²) >= 11 is 5.99. The van der Waals surface area contributed by atoms with Gasteiger partial charge in [-0.1, -0.05) is 29.8 Å². The van der Waals surface area contributed by atoms with E-state index in [9.17, 15) is 10.1 Å². The summed E-state index contributed by atoms with van der Waals surface area (Å²) in [6.07, 6.45) is 0.563. The summed E-state index contributed by atoms with van der Waals surface area (Å²) in [5.41, 5.74) is 6.40. The molecule has 0 aliphatic heterocycles. The van der Waals surface area contributed by atoms with Crippen molar-refractivity contribution in [1.82, 2.24) is 0 Å². The molecule has 0 amide bonds. The van der Waals surface area contributed by atoms with E-state index in [0.29, 0.717) is 17.2 Å². The number of ether oxygens (including phenoxy) is 1. The lowest BCUT2D eigenvalue weighted by Crippen LogP contribution is -2.17. The van der Waals surface area contributed by atoms with Crippen LogP contribution in [0.3, 0.4) is 0 Å². The van der Waals surface area contributed by atoms with Gasteiger partial charge in [0.25, 0.3) is 0 Å². The Balaban J connectivity index is 2.35. The number of benzene rings is 2. The molecule has 2 aromatic carbocycles. The molecule has 5 nitrogen and oxygen atoms in total. The monoisotopic (exact) mass is 306 g/mol. The average Bonchev–Trinajstić information content (AvgIpc) is 2.42. The third-order valence-corrected chi connectivity index (χ3v) is 3.15. The summed E-state index contributed by atoms with van der Waals surface area (Å²) < 4.78 is 5.56. The molecule has 0 aliphatic carbocycles. The highest BCUT2D eigenvalue weighted by Crippen LogP contribution is 2.35. The van der Waals surface area contributed by atoms with Crippen molar-refractivity contribution < 1.29 is 9.66 Å². The van der Waals surface area contributed by atoms with Crippen LogP contribution in [0.25, 0.3) is 0 Å². The van der Waals surface area contributed by atoms with Crippen LogP contribution in [-0.4, -0.2) is 11.0 Å². The largest absolute Gasteiger partial charge is 0.449 e. The van der Waals surface area contributed by atoms with Crippen LogP contribution in [0.5, 0.6) is 11.5 Å². The highest BCUT2D eigenvalue weighted by molar-refractivity contribution is 6.32. The lowest BCUT2D eigenvalue weighted by Gasteiger charge is -2.10. The number of hydrogen-bond donors (Lipinski definition) is 1. The minimum atomic E-state index is -0.475. The van der Waals surface area contributed by atoms with E-state index in [-0.39, 0.29) is 17.5 Å². The van der Waals surface area contributed by atoms with Crippen molar-refractivity contribution in [1.29, 1.82) is 0 Å². The molecule has 0 saturated heterocycles. The van der Waals surface area contributed by atoms with E-state index in [1.807, 2.05) is 6.92 Å². The van der Waals surface area contributed by atoms with Gasteiger partial charge in [0.15, 0.2) is 0 Å². The van der Waals surface area contributed by atoms with Crippen molar-refractivity contribution in [2.75, 3.05) is 0 Å². The molecule has 0 bridgehead atoms. The molecule has 2 N–H and O–H groups in total. The second-order valence-electron chi connectivity index (χ2n) is 4.77. The first kappa shape index (κ1) is 15.3. The van der Waals surface area contributed by atoms with E-state index in [1.54, 1.807) is 36.4 Å². The molecule has 6 heteroatoms. The Hall–Kier alpha value is -2.11. The van der Waals surface area contributed by atoms with E-state index >= 15 is 0 Å². The molecule has 0 spiro atoms. The first-order valence-electron chi connectivity index (χ1n) is 6.42. The highest BCUT2D eigenvalue weighted by Gasteiger charge is 2.18. The first-order chi connectivity index (χ1) is 9.97. The minimum Gasteiger partial charge on any atom is -0.449 e. The third-order valence-electron chi connectivity index (χ3n) is 2.83. The fourth-order valence-corrected chi connectivity index (χ4v) is 2.11. The summed E-state index contributed by atoms with van der Waals surface area (Å²) in [5, 5.41) is 11.6. The van der Waals surface area contributed by atoms with Gasteiger partial charge in [0.1, 0.15) is 5.75 Å². The Bertz CT molecular complexity index is 659. The van der Waals surface area contributed by atoms with Crippen molar-refractivity contribution in [2.24, 2.45) is 5.73 Å². The number of rotatable bonds is 5. The third kappa shape index (κ3) is 3.93. The van der Waals surface area contributed by atoms with Gasteiger partial charge in [0, 0.05) is 12.1 Å². The van der Waals surface area contributed by atoms with Crippen molar-refractivity contribution in [3.63, 3.8) is 0 Å². The molecule has 2 aromatic rings. The molecule has 1 atom stereocenters. The van der Waals surface area contributed by atoms with Crippen LogP contribution in [0.2, 0.25) is 5.02 Å². The van der Waals surface area contributed by atoms with E-state index in [4.69, 9.17) is 22.1 Å². The fraction of sp³-hybridized carbons (Fsp3) is 0.200. The maximum atomic E-state index is 11.2. The molecular formula is C15H15ClN2O3. The van der Waals surface area contributed by atoms with Gasteiger partial charge in [0.2, 0.25) is 5.75 Å². The maximum absolute atomic E-state index is 11.2. The van der Waals surface area contributed by atoms with Gasteiger partial charge in [-0.2, -0.15) is 0 Å². The van der Waals surface area contributed by atoms with Gasteiger partial charge in [-0.05, 0) is 37.1 Å². The predicted molar refractivity (Wildman–Crippen MR) is 82.0 cm³/mol. The van der Waals surface area contributed by atoms with Crippen LogP contribution in [0.4, 0.5) is 5.69 Å². The molecule has 0 radical (unpaired) electrons. The Morgan fingerprint density at radius 2 is 2.00 bits per heavy atom. The standard InChI is InChI=1S/C15H15ClN2O3/c1-10(17)8-11-6-7-15(13(9-11)18(19)20)21-14-5-3-2-4-12(14)16/h2-7,9-10H,8,17H2,1H3. The fourth-order valence-electron chi connectivity index (χ4n) is 1.94. The summed E-state index contributed by atoms with van der Waals surface area (Å²) in [7, 11) is 0. The topological polar surface area (TPSA) is 78.4 Å². The van der Waals surface area contributed by atoms with Crippen molar-refractivity contribution in [3.8, 4) is 11.5 Å². The van der Waals surface area contributed by atoms with Gasteiger partial charge < -0.3 is 10.5 Å². The minimum absolute atomic E-state index is 0.0695. The first-order valence-corrected chi connectivity index (χ1v) is 6.80. The second-order valence-corrected chi connectivity index (χ2v) is 5.18. The number of nitro groups is 1. The quantitative estimate of drug-likeness (QED) is 0.670. The van der Waals surface area contributed by atoms with Gasteiger partial charge in [-0.15, -0.1) is 0 Å². The van der Waals surface area contributed by atoms with Gasteiger partial charge >= 0.3 is 5.69 Å². The number of nitrogens with two attached hydrogens (primary N) is 1. The number of nitro benzene ring substituents is 1. The normalized spacial score (nSPS) is 12.0. The van der Waals surface area contributed by atoms with Crippen LogP contribution in [-0.2, 0) is 6.42 Å². The SMILES string of the molecule is CC(N)Cc1ccc(Oc2ccccc2Cl)c([N+](=O)[O-])c1. The van der Waals surface area contributed by atoms with Crippen LogP contribution in [0.15, 0.2) is 42.5 Å². The van der Waals surface area contributed by atoms with Gasteiger partial charge in [-0.3, -0.25) is 10.1 Å². The molecule has 0 aromatic heterocycles. The Kier molecular flexibility index (Phi) is 4.77. The molecule has 21 heavy (non-hydrogen) atoms. The lowest BCUT2D eigenvalue weighted by molar-refractivity contribution is -0.385. The van der Waals surface area contributed by atoms with Crippen LogP contribution < -0.4 is 10.5 Å². The Morgan fingerprint density at radius 3 is 2.62 bits per heavy atom. The van der Waals surface area contributed by atoms with Crippen molar-refractivity contribution in [3.05, 3.63) is 63.2 Å². The Labute approximate surface area is 127 Å². The van der Waals surface area contributed by atoms with Crippen molar-refractivity contribution >= 4 is 17.3 Å². The summed E-state index contributed by atoms with van der Waals surface area (Å²) in [6, 6.07) is 11.6. The van der Waals surface area contributed by atoms with Gasteiger partial charge in [-0.25, -0.2) is 0 Å². The molecule has 0 fully saturated rings. The van der Waals surface area contributed by atoms with E-state index < -0.39 is 4.92 Å². The summed E-state index contributed by atoms with van der Waals surface area (Å²) in [4.78, 5) is 10.7. The zero-order chi connectivity index (χ0) is 15.4. The number of nitrogens with zero attached hydrogens (tertiary/aromatic N) is 1. The molecule has 1 unspecified atom stereocenters. The molecule has 110 valence electrons. The predicted octanol–water partition coefficient (Wildman–Crippen LogP) is 3.93. The zero-order valence-corrected chi connectivity index (χ0v) is 12.2. The summed E-state index contributed by atoms with van der Waals surface area (Å²) in [6.45, 7) is 1.85. The van der Waals surface area contributed by atoms with E-state index in [1.165, 1.54) is 6.07 Å². The van der Waals surface area contributed by atoms with E-state index in [0.717, 1.165) is 5.56 Å². The molecular weight excluding hydrogens is 292 g/mol. The molecule has 0 aliphatic rings. The molecule has 0 saturated carbocycles. The van der Waals surface area contributed by atoms with Crippen LogP contribution in [0, 0.1) is 10.1 Å². The van der Waals surface area contributed by atoms with Crippen LogP contribution >= 0.6 is 11.6 Å². The lowest BCUT2D eigenvalue weighted by atomic mass is 10.1. The number of hydrogen-bond acceptors (Lipinski definition) is 4. The van der Waals surface area contributed by atoms with Gasteiger partial charge in [0.05, 0.1) is 9.95 Å². The molecule has 0 heterocycles. The molecule has 2 rings (SSSR count). The summed E-state index contributed by atoms with van der Waals surface area (Å²) in [5.74, 6) is 0.531. The highest BCUT2D eigenvalue weighted by atomic mass is 35.5. The number of para-hydroxylation sites is 1. The van der Waals surface area contributed by atoms with E-state index in [2.05, 4.69) is 0 Å². The zero-order valence-electron chi connectivity index (χ0n) is 11.5. The Morgan fingerprint density at radius 1 is 1.29 bits per heavy atom. The maximum Gasteiger partial charge on any atom is 0.311 e. The van der Waals surface area contributed by atoms with Crippen LogP contribution in [0.1, 0.15) is 12.5 Å². The smallest absolute Gasteiger partial charge is 0.311 e.